The number of halogens is 2. The second kappa shape index (κ2) is 12.5. The number of fused-ring (bicyclic) bond motifs is 1. The summed E-state index contributed by atoms with van der Waals surface area (Å²) >= 11 is 0. The Labute approximate surface area is 212 Å². The van der Waals surface area contributed by atoms with E-state index in [-0.39, 0.29) is 42.7 Å². The van der Waals surface area contributed by atoms with Crippen LogP contribution in [0, 0.1) is 18.7 Å². The van der Waals surface area contributed by atoms with Gasteiger partial charge >= 0.3 is 0 Å². The molecule has 0 aliphatic carbocycles. The Morgan fingerprint density at radius 2 is 2.00 bits per heavy atom. The van der Waals surface area contributed by atoms with Crippen molar-refractivity contribution in [3.8, 4) is 5.75 Å². The Morgan fingerprint density at radius 3 is 2.79 bits per heavy atom. The summed E-state index contributed by atoms with van der Waals surface area (Å²) < 4.78 is 30.9. The summed E-state index contributed by atoms with van der Waals surface area (Å²) in [6.07, 6.45) is 2.89. The third kappa shape index (κ3) is 6.80. The summed E-state index contributed by atoms with van der Waals surface area (Å²) in [5, 5.41) is 6.78. The van der Waals surface area contributed by atoms with Crippen LogP contribution in [-0.4, -0.2) is 39.5 Å². The molecule has 1 saturated heterocycles. The molecule has 4 rings (SSSR count). The fourth-order valence-electron chi connectivity index (χ4n) is 4.38. The van der Waals surface area contributed by atoms with Crippen LogP contribution in [0.5, 0.6) is 5.75 Å². The van der Waals surface area contributed by atoms with Gasteiger partial charge in [-0.1, -0.05) is 29.8 Å². The van der Waals surface area contributed by atoms with Gasteiger partial charge in [-0.05, 0) is 49.4 Å². The number of aliphatic imine (C=N–C) groups is 1. The van der Waals surface area contributed by atoms with Gasteiger partial charge < -0.3 is 24.8 Å². The van der Waals surface area contributed by atoms with Crippen molar-refractivity contribution in [3.63, 3.8) is 0 Å². The van der Waals surface area contributed by atoms with Gasteiger partial charge in [-0.15, -0.1) is 24.0 Å². The standard InChI is InChI=1S/C25H32FN3O3.HI/c1-17-5-7-18(8-6-17)23-20(4-3-11-31-23)14-29-25(27-2)28-10-9-19-12-22(26)13-21-15-30-16-32-24(19)21;/h5-8,12-13,20,23H,3-4,9-11,14-16H2,1-2H3,(H2,27,28,29);1H. The van der Waals surface area contributed by atoms with E-state index in [2.05, 4.69) is 46.8 Å². The number of nitrogens with zero attached hydrogens (tertiary/aromatic N) is 1. The number of hydrogen-bond acceptors (Lipinski definition) is 4. The van der Waals surface area contributed by atoms with Gasteiger partial charge in [-0.3, -0.25) is 4.99 Å². The van der Waals surface area contributed by atoms with E-state index in [1.54, 1.807) is 7.05 Å². The molecule has 2 unspecified atom stereocenters. The van der Waals surface area contributed by atoms with Crippen LogP contribution in [0.2, 0.25) is 0 Å². The normalized spacial score (nSPS) is 20.3. The zero-order valence-electron chi connectivity index (χ0n) is 19.2. The number of aryl methyl sites for hydroxylation is 1. The third-order valence-electron chi connectivity index (χ3n) is 6.04. The van der Waals surface area contributed by atoms with Crippen molar-refractivity contribution in [2.75, 3.05) is 33.5 Å². The number of hydrogen-bond donors (Lipinski definition) is 2. The molecule has 0 bridgehead atoms. The molecule has 0 aromatic heterocycles. The van der Waals surface area contributed by atoms with Crippen LogP contribution in [0.15, 0.2) is 41.4 Å². The third-order valence-corrected chi connectivity index (χ3v) is 6.04. The summed E-state index contributed by atoms with van der Waals surface area (Å²) in [5.41, 5.74) is 4.07. The molecule has 2 N–H and O–H groups in total. The molecule has 8 heteroatoms. The first-order valence-corrected chi connectivity index (χ1v) is 11.3. The van der Waals surface area contributed by atoms with Crippen LogP contribution in [0.1, 0.15) is 41.2 Å². The molecule has 2 aliphatic rings. The maximum Gasteiger partial charge on any atom is 0.190 e. The monoisotopic (exact) mass is 569 g/mol. The Balaban J connectivity index is 0.00000306. The number of benzene rings is 2. The second-order valence-corrected chi connectivity index (χ2v) is 8.40. The van der Waals surface area contributed by atoms with E-state index < -0.39 is 0 Å². The minimum atomic E-state index is -0.269. The number of rotatable bonds is 6. The second-order valence-electron chi connectivity index (χ2n) is 8.40. The average molecular weight is 569 g/mol. The number of guanidine groups is 1. The van der Waals surface area contributed by atoms with Crippen molar-refractivity contribution in [1.82, 2.24) is 10.6 Å². The summed E-state index contributed by atoms with van der Waals surface area (Å²) in [5.74, 6) is 1.57. The van der Waals surface area contributed by atoms with Crippen molar-refractivity contribution in [2.24, 2.45) is 10.9 Å². The minimum absolute atomic E-state index is 0. The molecule has 0 amide bonds. The van der Waals surface area contributed by atoms with Crippen LogP contribution in [0.4, 0.5) is 4.39 Å². The lowest BCUT2D eigenvalue weighted by Crippen LogP contribution is -2.42. The molecular formula is C25H33FIN3O3. The average Bonchev–Trinajstić information content (AvgIpc) is 2.82. The SMILES string of the molecule is CN=C(NCCc1cc(F)cc2c1OCOC2)NCC1CCCOC1c1ccc(C)cc1.I. The van der Waals surface area contributed by atoms with E-state index in [0.717, 1.165) is 48.8 Å². The molecule has 0 radical (unpaired) electrons. The van der Waals surface area contributed by atoms with Crippen molar-refractivity contribution >= 4 is 29.9 Å². The van der Waals surface area contributed by atoms with Crippen LogP contribution >= 0.6 is 24.0 Å². The summed E-state index contributed by atoms with van der Waals surface area (Å²) in [6, 6.07) is 11.6. The van der Waals surface area contributed by atoms with E-state index in [4.69, 9.17) is 14.2 Å². The fourth-order valence-corrected chi connectivity index (χ4v) is 4.38. The summed E-state index contributed by atoms with van der Waals surface area (Å²) in [6.45, 7) is 4.86. The molecular weight excluding hydrogens is 536 g/mol. The Kier molecular flexibility index (Phi) is 9.76. The number of ether oxygens (including phenoxy) is 3. The molecule has 2 heterocycles. The Bertz CT molecular complexity index is 939. The van der Waals surface area contributed by atoms with Crippen LogP contribution in [0.3, 0.4) is 0 Å². The highest BCUT2D eigenvalue weighted by atomic mass is 127. The molecule has 2 aliphatic heterocycles. The van der Waals surface area contributed by atoms with E-state index >= 15 is 0 Å². The van der Waals surface area contributed by atoms with Crippen LogP contribution < -0.4 is 15.4 Å². The molecule has 0 spiro atoms. The first-order valence-electron chi connectivity index (χ1n) is 11.3. The highest BCUT2D eigenvalue weighted by Gasteiger charge is 2.27. The summed E-state index contributed by atoms with van der Waals surface area (Å²) in [7, 11) is 1.76. The molecule has 0 saturated carbocycles. The lowest BCUT2D eigenvalue weighted by atomic mass is 9.89. The molecule has 33 heavy (non-hydrogen) atoms. The Morgan fingerprint density at radius 1 is 1.18 bits per heavy atom. The van der Waals surface area contributed by atoms with Crippen molar-refractivity contribution in [2.45, 2.75) is 38.9 Å². The zero-order valence-corrected chi connectivity index (χ0v) is 21.6. The first kappa shape index (κ1) is 25.7. The van der Waals surface area contributed by atoms with E-state index in [0.29, 0.717) is 25.5 Å². The van der Waals surface area contributed by atoms with E-state index in [1.165, 1.54) is 23.3 Å². The molecule has 2 atom stereocenters. The Hall–Kier alpha value is -1.91. The van der Waals surface area contributed by atoms with Gasteiger partial charge in [0.15, 0.2) is 12.8 Å². The highest BCUT2D eigenvalue weighted by Crippen LogP contribution is 2.33. The van der Waals surface area contributed by atoms with Crippen LogP contribution in [-0.2, 0) is 22.5 Å². The van der Waals surface area contributed by atoms with Gasteiger partial charge in [-0.2, -0.15) is 0 Å². The predicted molar refractivity (Wildman–Crippen MR) is 138 cm³/mol. The topological polar surface area (TPSA) is 64.1 Å². The fraction of sp³-hybridized carbons (Fsp3) is 0.480. The van der Waals surface area contributed by atoms with Gasteiger partial charge in [0.1, 0.15) is 11.6 Å². The minimum Gasteiger partial charge on any atom is -0.467 e. The lowest BCUT2D eigenvalue weighted by Gasteiger charge is -2.32. The largest absolute Gasteiger partial charge is 0.467 e. The van der Waals surface area contributed by atoms with Gasteiger partial charge in [0.2, 0.25) is 0 Å². The molecule has 2 aromatic carbocycles. The van der Waals surface area contributed by atoms with Gasteiger partial charge in [0, 0.05) is 38.2 Å². The molecule has 180 valence electrons. The van der Waals surface area contributed by atoms with Crippen molar-refractivity contribution in [1.29, 1.82) is 0 Å². The highest BCUT2D eigenvalue weighted by molar-refractivity contribution is 14.0. The smallest absolute Gasteiger partial charge is 0.190 e. The van der Waals surface area contributed by atoms with Crippen molar-refractivity contribution < 1.29 is 18.6 Å². The molecule has 2 aromatic rings. The van der Waals surface area contributed by atoms with Crippen molar-refractivity contribution in [3.05, 3.63) is 64.5 Å². The molecule has 1 fully saturated rings. The maximum atomic E-state index is 14.0. The first-order chi connectivity index (χ1) is 15.6. The van der Waals surface area contributed by atoms with Gasteiger partial charge in [-0.25, -0.2) is 4.39 Å². The zero-order chi connectivity index (χ0) is 22.3. The summed E-state index contributed by atoms with van der Waals surface area (Å²) in [4.78, 5) is 4.35. The molecule has 6 nitrogen and oxygen atoms in total. The van der Waals surface area contributed by atoms with Gasteiger partial charge in [0.05, 0.1) is 12.7 Å². The van der Waals surface area contributed by atoms with E-state index in [1.807, 2.05) is 0 Å². The predicted octanol–water partition coefficient (Wildman–Crippen LogP) is 4.49. The maximum absolute atomic E-state index is 14.0. The quantitative estimate of drug-likeness (QED) is 0.305. The van der Waals surface area contributed by atoms with Gasteiger partial charge in [0.25, 0.3) is 0 Å². The van der Waals surface area contributed by atoms with E-state index in [9.17, 15) is 4.39 Å². The van der Waals surface area contributed by atoms with Crippen LogP contribution in [0.25, 0.3) is 0 Å². The number of nitrogens with one attached hydrogen (secondary N) is 2. The lowest BCUT2D eigenvalue weighted by molar-refractivity contribution is -0.0265.